The van der Waals surface area contributed by atoms with Gasteiger partial charge in [-0.25, -0.2) is 0 Å². The van der Waals surface area contributed by atoms with E-state index < -0.39 is 0 Å². The van der Waals surface area contributed by atoms with Crippen LogP contribution in [-0.2, 0) is 11.2 Å². The van der Waals surface area contributed by atoms with E-state index >= 15 is 0 Å². The Balaban J connectivity index is 2.03. The van der Waals surface area contributed by atoms with Crippen molar-refractivity contribution >= 4 is 0 Å². The fourth-order valence-electron chi connectivity index (χ4n) is 2.79. The van der Waals surface area contributed by atoms with E-state index in [0.29, 0.717) is 11.5 Å². The van der Waals surface area contributed by atoms with E-state index in [9.17, 15) is 0 Å². The molecule has 2 nitrogen and oxygen atoms in total. The second-order valence-corrected chi connectivity index (χ2v) is 6.05. The van der Waals surface area contributed by atoms with Crippen LogP contribution in [-0.4, -0.2) is 20.8 Å². The summed E-state index contributed by atoms with van der Waals surface area (Å²) in [5.41, 5.74) is 3.27. The molecule has 0 saturated heterocycles. The van der Waals surface area contributed by atoms with Gasteiger partial charge in [-0.3, -0.25) is 0 Å². The Morgan fingerprint density at radius 2 is 1.94 bits per heavy atom. The first-order valence-corrected chi connectivity index (χ1v) is 6.83. The van der Waals surface area contributed by atoms with Crippen molar-refractivity contribution in [1.82, 2.24) is 5.32 Å². The molecule has 0 aliphatic heterocycles. The molecule has 0 spiro atoms. The highest BCUT2D eigenvalue weighted by molar-refractivity contribution is 5.27. The van der Waals surface area contributed by atoms with Crippen LogP contribution < -0.4 is 5.32 Å². The second-order valence-electron chi connectivity index (χ2n) is 6.05. The Bertz CT molecular complexity index is 383. The molecule has 1 aliphatic carbocycles. The van der Waals surface area contributed by atoms with E-state index in [0.717, 1.165) is 18.9 Å². The number of ether oxygens (including phenoxy) is 1. The van der Waals surface area contributed by atoms with Gasteiger partial charge < -0.3 is 10.1 Å². The normalized spacial score (nSPS) is 22.8. The van der Waals surface area contributed by atoms with Crippen molar-refractivity contribution in [1.29, 1.82) is 0 Å². The molecule has 1 aromatic rings. The molecule has 2 heteroatoms. The summed E-state index contributed by atoms with van der Waals surface area (Å²) in [7, 11) is 3.82. The number of hydrogen-bond acceptors (Lipinski definition) is 2. The largest absolute Gasteiger partial charge is 0.384 e. The highest BCUT2D eigenvalue weighted by Gasteiger charge is 2.49. The Hall–Kier alpha value is -0.860. The van der Waals surface area contributed by atoms with E-state index in [4.69, 9.17) is 4.74 Å². The molecule has 1 fully saturated rings. The molecule has 2 rings (SSSR count). The van der Waals surface area contributed by atoms with Crippen LogP contribution >= 0.6 is 0 Å². The van der Waals surface area contributed by atoms with E-state index in [1.807, 2.05) is 0 Å². The summed E-state index contributed by atoms with van der Waals surface area (Å²) in [4.78, 5) is 0. The van der Waals surface area contributed by atoms with Gasteiger partial charge in [0.25, 0.3) is 0 Å². The highest BCUT2D eigenvalue weighted by Crippen LogP contribution is 2.57. The van der Waals surface area contributed by atoms with E-state index in [1.165, 1.54) is 17.5 Å². The lowest BCUT2D eigenvalue weighted by Crippen LogP contribution is -2.20. The van der Waals surface area contributed by atoms with Gasteiger partial charge in [-0.1, -0.05) is 38.1 Å². The summed E-state index contributed by atoms with van der Waals surface area (Å²) < 4.78 is 5.11. The topological polar surface area (TPSA) is 21.3 Å². The summed E-state index contributed by atoms with van der Waals surface area (Å²) >= 11 is 0. The molecule has 100 valence electrons. The molecular formula is C16H25NO. The molecule has 0 amide bonds. The van der Waals surface area contributed by atoms with Crippen molar-refractivity contribution < 1.29 is 4.74 Å². The first-order valence-electron chi connectivity index (χ1n) is 6.83. The smallest absolute Gasteiger partial charge is 0.0502 e. The summed E-state index contributed by atoms with van der Waals surface area (Å²) in [5, 5.41) is 3.47. The average Bonchev–Trinajstić information content (AvgIpc) is 2.98. The lowest BCUT2D eigenvalue weighted by molar-refractivity contribution is 0.202. The second kappa shape index (κ2) is 5.41. The van der Waals surface area contributed by atoms with Crippen LogP contribution in [0.25, 0.3) is 0 Å². The molecule has 2 unspecified atom stereocenters. The Morgan fingerprint density at radius 3 is 2.39 bits per heavy atom. The molecule has 1 N–H and O–H groups in total. The number of methoxy groups -OCH3 is 1. The van der Waals surface area contributed by atoms with Gasteiger partial charge in [-0.15, -0.1) is 0 Å². The minimum Gasteiger partial charge on any atom is -0.384 e. The Kier molecular flexibility index (Phi) is 4.08. The third-order valence-electron chi connectivity index (χ3n) is 4.24. The average molecular weight is 247 g/mol. The van der Waals surface area contributed by atoms with Crippen LogP contribution in [0.1, 0.15) is 37.4 Å². The van der Waals surface area contributed by atoms with Gasteiger partial charge in [0.05, 0.1) is 6.61 Å². The standard InChI is InChI=1S/C16H25NO/c1-16(2)11-14(16)15(17-3)13-7-5-12(6-8-13)9-10-18-4/h5-8,14-15,17H,9-11H2,1-4H3. The molecule has 1 saturated carbocycles. The number of rotatable bonds is 6. The molecule has 1 aromatic carbocycles. The third kappa shape index (κ3) is 2.93. The number of benzene rings is 1. The first-order chi connectivity index (χ1) is 8.58. The fourth-order valence-corrected chi connectivity index (χ4v) is 2.79. The van der Waals surface area contributed by atoms with Gasteiger partial charge in [0, 0.05) is 13.2 Å². The fraction of sp³-hybridized carbons (Fsp3) is 0.625. The Morgan fingerprint density at radius 1 is 1.33 bits per heavy atom. The molecule has 0 radical (unpaired) electrons. The van der Waals surface area contributed by atoms with Crippen LogP contribution in [0, 0.1) is 11.3 Å². The van der Waals surface area contributed by atoms with Crippen molar-refractivity contribution in [2.24, 2.45) is 11.3 Å². The lowest BCUT2D eigenvalue weighted by Gasteiger charge is -2.19. The summed E-state index contributed by atoms with van der Waals surface area (Å²) in [6.07, 6.45) is 2.32. The van der Waals surface area contributed by atoms with Crippen molar-refractivity contribution in [3.05, 3.63) is 35.4 Å². The number of nitrogens with one attached hydrogen (secondary N) is 1. The van der Waals surface area contributed by atoms with Crippen LogP contribution in [0.4, 0.5) is 0 Å². The van der Waals surface area contributed by atoms with Gasteiger partial charge in [0.15, 0.2) is 0 Å². The molecule has 0 bridgehead atoms. The number of hydrogen-bond donors (Lipinski definition) is 1. The maximum Gasteiger partial charge on any atom is 0.0502 e. The van der Waals surface area contributed by atoms with Crippen LogP contribution in [0.5, 0.6) is 0 Å². The van der Waals surface area contributed by atoms with Crippen LogP contribution in [0.3, 0.4) is 0 Å². The van der Waals surface area contributed by atoms with Gasteiger partial charge >= 0.3 is 0 Å². The summed E-state index contributed by atoms with van der Waals surface area (Å²) in [5.74, 6) is 0.771. The van der Waals surface area contributed by atoms with Crippen molar-refractivity contribution in [3.8, 4) is 0 Å². The van der Waals surface area contributed by atoms with E-state index in [-0.39, 0.29) is 0 Å². The van der Waals surface area contributed by atoms with E-state index in [1.54, 1.807) is 7.11 Å². The van der Waals surface area contributed by atoms with Crippen molar-refractivity contribution in [2.45, 2.75) is 32.7 Å². The SMILES string of the molecule is CNC(c1ccc(CCOC)cc1)C1CC1(C)C. The maximum atomic E-state index is 5.11. The maximum absolute atomic E-state index is 5.11. The highest BCUT2D eigenvalue weighted by atomic mass is 16.5. The monoisotopic (exact) mass is 247 g/mol. The minimum atomic E-state index is 0.497. The van der Waals surface area contributed by atoms with Gasteiger partial charge in [-0.2, -0.15) is 0 Å². The van der Waals surface area contributed by atoms with Gasteiger partial charge in [0.2, 0.25) is 0 Å². The van der Waals surface area contributed by atoms with Crippen LogP contribution in [0.15, 0.2) is 24.3 Å². The molecule has 0 aromatic heterocycles. The lowest BCUT2D eigenvalue weighted by atomic mass is 9.96. The van der Waals surface area contributed by atoms with Gasteiger partial charge in [0.1, 0.15) is 0 Å². The molecule has 1 aliphatic rings. The minimum absolute atomic E-state index is 0.497. The zero-order valence-corrected chi connectivity index (χ0v) is 12.0. The van der Waals surface area contributed by atoms with Crippen molar-refractivity contribution in [3.63, 3.8) is 0 Å². The Labute approximate surface area is 111 Å². The predicted octanol–water partition coefficient (Wildman–Crippen LogP) is 3.18. The van der Waals surface area contributed by atoms with E-state index in [2.05, 4.69) is 50.5 Å². The molecule has 0 heterocycles. The van der Waals surface area contributed by atoms with Crippen molar-refractivity contribution in [2.75, 3.05) is 20.8 Å². The van der Waals surface area contributed by atoms with Gasteiger partial charge in [-0.05, 0) is 42.3 Å². The quantitative estimate of drug-likeness (QED) is 0.833. The predicted molar refractivity (Wildman–Crippen MR) is 75.7 cm³/mol. The third-order valence-corrected chi connectivity index (χ3v) is 4.24. The zero-order chi connectivity index (χ0) is 13.2. The summed E-state index contributed by atoms with van der Waals surface area (Å²) in [6, 6.07) is 9.49. The van der Waals surface area contributed by atoms with Crippen LogP contribution in [0.2, 0.25) is 0 Å². The first kappa shape index (κ1) is 13.6. The summed E-state index contributed by atoms with van der Waals surface area (Å²) in [6.45, 7) is 5.51. The zero-order valence-electron chi connectivity index (χ0n) is 12.0. The molecular weight excluding hydrogens is 222 g/mol. The molecule has 18 heavy (non-hydrogen) atoms. The molecule has 2 atom stereocenters.